The largest absolute Gasteiger partial charge is 0.244 e. The molecule has 1 aromatic rings. The fraction of sp³-hybridized carbons (Fsp3) is 0.500. The second kappa shape index (κ2) is 5.90. The maximum Gasteiger partial charge on any atom is 0.244 e. The van der Waals surface area contributed by atoms with Crippen molar-refractivity contribution in [2.45, 2.75) is 29.4 Å². The first-order chi connectivity index (χ1) is 9.23. The first-order valence-electron chi connectivity index (χ1n) is 6.02. The van der Waals surface area contributed by atoms with Crippen LogP contribution in [-0.4, -0.2) is 25.5 Å². The van der Waals surface area contributed by atoms with E-state index < -0.39 is 26.6 Å². The summed E-state index contributed by atoms with van der Waals surface area (Å²) in [5.74, 6) is -0.937. The van der Waals surface area contributed by atoms with Gasteiger partial charge in [0.15, 0.2) is 0 Å². The first kappa shape index (κ1) is 16.2. The summed E-state index contributed by atoms with van der Waals surface area (Å²) in [5.41, 5.74) is 0. The van der Waals surface area contributed by atoms with Gasteiger partial charge in [-0.3, -0.25) is 0 Å². The van der Waals surface area contributed by atoms with E-state index in [4.69, 9.17) is 0 Å². The van der Waals surface area contributed by atoms with Crippen molar-refractivity contribution < 1.29 is 17.2 Å². The quantitative estimate of drug-likeness (QED) is 0.864. The van der Waals surface area contributed by atoms with Gasteiger partial charge in [0.1, 0.15) is 16.5 Å². The van der Waals surface area contributed by atoms with E-state index in [2.05, 4.69) is 20.7 Å². The average Bonchev–Trinajstić information content (AvgIpc) is 2.73. The zero-order chi connectivity index (χ0) is 15.0. The Hall–Kier alpha value is -0.180. The highest BCUT2D eigenvalue weighted by Gasteiger charge is 2.32. The van der Waals surface area contributed by atoms with Crippen molar-refractivity contribution in [2.75, 3.05) is 12.3 Å². The van der Waals surface area contributed by atoms with Crippen LogP contribution in [0.15, 0.2) is 21.5 Å². The molecule has 0 bridgehead atoms. The van der Waals surface area contributed by atoms with Gasteiger partial charge < -0.3 is 0 Å². The molecule has 2 rings (SSSR count). The molecule has 0 aliphatic carbocycles. The van der Waals surface area contributed by atoms with Gasteiger partial charge in [-0.05, 0) is 47.5 Å². The van der Waals surface area contributed by atoms with Crippen LogP contribution in [-0.2, 0) is 10.0 Å². The number of halogens is 3. The molecular formula is C12H14BrF2NO2S2. The van der Waals surface area contributed by atoms with Gasteiger partial charge in [-0.25, -0.2) is 21.9 Å². The molecule has 0 aromatic heterocycles. The van der Waals surface area contributed by atoms with E-state index in [-0.39, 0.29) is 15.8 Å². The Labute approximate surface area is 129 Å². The molecule has 3 nitrogen and oxygen atoms in total. The summed E-state index contributed by atoms with van der Waals surface area (Å²) < 4.78 is 53.2. The Balaban J connectivity index is 2.23. The van der Waals surface area contributed by atoms with Crippen molar-refractivity contribution in [3.63, 3.8) is 0 Å². The highest BCUT2D eigenvalue weighted by atomic mass is 79.9. The molecule has 1 heterocycles. The summed E-state index contributed by atoms with van der Waals surface area (Å²) in [7, 11) is -4.02. The van der Waals surface area contributed by atoms with Gasteiger partial charge in [0.25, 0.3) is 0 Å². The van der Waals surface area contributed by atoms with Crippen molar-refractivity contribution in [3.8, 4) is 0 Å². The number of hydrogen-bond donors (Lipinski definition) is 1. The van der Waals surface area contributed by atoms with Crippen LogP contribution in [0.25, 0.3) is 0 Å². The highest BCUT2D eigenvalue weighted by molar-refractivity contribution is 9.10. The van der Waals surface area contributed by atoms with Crippen LogP contribution in [0.2, 0.25) is 0 Å². The monoisotopic (exact) mass is 385 g/mol. The number of thioether (sulfide) groups is 1. The van der Waals surface area contributed by atoms with Gasteiger partial charge in [-0.15, -0.1) is 0 Å². The second-order valence-electron chi connectivity index (χ2n) is 4.93. The van der Waals surface area contributed by atoms with Gasteiger partial charge in [0.05, 0.1) is 0 Å². The smallest absolute Gasteiger partial charge is 0.210 e. The van der Waals surface area contributed by atoms with Gasteiger partial charge in [0, 0.05) is 21.8 Å². The third-order valence-electron chi connectivity index (χ3n) is 3.17. The summed E-state index contributed by atoms with van der Waals surface area (Å²) in [5, 5.41) is 0. The Bertz CT molecular complexity index is 593. The molecule has 0 amide bonds. The lowest BCUT2D eigenvalue weighted by atomic mass is 10.1. The van der Waals surface area contributed by atoms with Crippen molar-refractivity contribution in [2.24, 2.45) is 0 Å². The van der Waals surface area contributed by atoms with Gasteiger partial charge >= 0.3 is 0 Å². The second-order valence-corrected chi connectivity index (χ2v) is 9.17. The highest BCUT2D eigenvalue weighted by Crippen LogP contribution is 2.37. The maximum atomic E-state index is 13.7. The summed E-state index contributed by atoms with van der Waals surface area (Å²) in [6.07, 6.45) is 1.95. The lowest BCUT2D eigenvalue weighted by Crippen LogP contribution is -2.37. The number of hydrogen-bond acceptors (Lipinski definition) is 3. The van der Waals surface area contributed by atoms with Crippen molar-refractivity contribution in [1.29, 1.82) is 0 Å². The zero-order valence-electron chi connectivity index (χ0n) is 10.8. The normalized spacial score (nSPS) is 23.2. The molecule has 1 atom stereocenters. The fourth-order valence-electron chi connectivity index (χ4n) is 2.08. The van der Waals surface area contributed by atoms with Crippen LogP contribution in [0.4, 0.5) is 8.78 Å². The van der Waals surface area contributed by atoms with E-state index in [9.17, 15) is 17.2 Å². The molecule has 1 aromatic carbocycles. The van der Waals surface area contributed by atoms with Crippen LogP contribution < -0.4 is 4.72 Å². The van der Waals surface area contributed by atoms with Gasteiger partial charge in [-0.1, -0.05) is 0 Å². The molecule has 0 saturated carbocycles. The van der Waals surface area contributed by atoms with E-state index >= 15 is 0 Å². The van der Waals surface area contributed by atoms with E-state index in [1.807, 2.05) is 6.92 Å². The van der Waals surface area contributed by atoms with Crippen LogP contribution in [0.1, 0.15) is 19.8 Å². The Kier molecular flexibility index (Phi) is 4.78. The lowest BCUT2D eigenvalue weighted by molar-refractivity contribution is 0.530. The number of benzene rings is 1. The molecule has 1 unspecified atom stereocenters. The van der Waals surface area contributed by atoms with Crippen LogP contribution in [0.5, 0.6) is 0 Å². The van der Waals surface area contributed by atoms with Gasteiger partial charge in [-0.2, -0.15) is 11.8 Å². The van der Waals surface area contributed by atoms with Crippen LogP contribution in [0.3, 0.4) is 0 Å². The molecule has 1 saturated heterocycles. The Morgan fingerprint density at radius 2 is 2.15 bits per heavy atom. The number of rotatable bonds is 4. The first-order valence-corrected chi connectivity index (χ1v) is 9.28. The molecule has 1 N–H and O–H groups in total. The van der Waals surface area contributed by atoms with E-state index in [0.717, 1.165) is 24.7 Å². The molecule has 112 valence electrons. The van der Waals surface area contributed by atoms with Gasteiger partial charge in [0.2, 0.25) is 10.0 Å². The van der Waals surface area contributed by atoms with Crippen molar-refractivity contribution in [1.82, 2.24) is 4.72 Å². The molecule has 1 aliphatic heterocycles. The van der Waals surface area contributed by atoms with E-state index in [0.29, 0.717) is 6.07 Å². The topological polar surface area (TPSA) is 46.2 Å². The molecule has 0 spiro atoms. The summed E-state index contributed by atoms with van der Waals surface area (Å²) in [6, 6.07) is 1.50. The summed E-state index contributed by atoms with van der Waals surface area (Å²) in [6.45, 7) is 2.20. The predicted molar refractivity (Wildman–Crippen MR) is 79.3 cm³/mol. The van der Waals surface area contributed by atoms with E-state index in [1.54, 1.807) is 11.8 Å². The minimum absolute atomic E-state index is 0.119. The minimum atomic E-state index is -4.02. The third-order valence-corrected chi connectivity index (χ3v) is 7.07. The maximum absolute atomic E-state index is 13.7. The summed E-state index contributed by atoms with van der Waals surface area (Å²) >= 11 is 4.60. The SMILES string of the molecule is CC1(CNS(=O)(=O)c2c(F)cc(F)cc2Br)CCCS1. The molecular weight excluding hydrogens is 372 g/mol. The van der Waals surface area contributed by atoms with Crippen molar-refractivity contribution >= 4 is 37.7 Å². The number of nitrogens with one attached hydrogen (secondary N) is 1. The van der Waals surface area contributed by atoms with Crippen LogP contribution >= 0.6 is 27.7 Å². The zero-order valence-corrected chi connectivity index (χ0v) is 14.0. The number of sulfonamides is 1. The molecule has 20 heavy (non-hydrogen) atoms. The standard InChI is InChI=1S/C12H14BrF2NO2S2/c1-12(3-2-4-19-12)7-16-20(17,18)11-9(13)5-8(14)6-10(11)15/h5-6,16H,2-4,7H2,1H3. The Morgan fingerprint density at radius 1 is 1.45 bits per heavy atom. The average molecular weight is 386 g/mol. The molecule has 1 fully saturated rings. The third kappa shape index (κ3) is 3.52. The lowest BCUT2D eigenvalue weighted by Gasteiger charge is -2.23. The minimum Gasteiger partial charge on any atom is -0.210 e. The molecule has 1 aliphatic rings. The predicted octanol–water partition coefficient (Wildman–Crippen LogP) is 3.29. The van der Waals surface area contributed by atoms with Crippen molar-refractivity contribution in [3.05, 3.63) is 28.2 Å². The van der Waals surface area contributed by atoms with E-state index in [1.165, 1.54) is 0 Å². The molecule has 8 heteroatoms. The van der Waals surface area contributed by atoms with Crippen LogP contribution in [0, 0.1) is 11.6 Å². The summed E-state index contributed by atoms with van der Waals surface area (Å²) in [4.78, 5) is -0.550. The molecule has 0 radical (unpaired) electrons. The fourth-order valence-corrected chi connectivity index (χ4v) is 5.75. The Morgan fingerprint density at radius 3 is 2.70 bits per heavy atom.